The first-order valence-corrected chi connectivity index (χ1v) is 8.26. The molecule has 2 atom stereocenters. The molecule has 0 radical (unpaired) electrons. The fraction of sp³-hybridized carbons (Fsp3) is 0.600. The van der Waals surface area contributed by atoms with Crippen molar-refractivity contribution in [1.82, 2.24) is 9.36 Å². The fourth-order valence-corrected chi connectivity index (χ4v) is 3.93. The van der Waals surface area contributed by atoms with Crippen LogP contribution in [0, 0.1) is 0 Å². The van der Waals surface area contributed by atoms with Crippen molar-refractivity contribution in [3.8, 4) is 0 Å². The molecule has 0 unspecified atom stereocenters. The number of aromatic nitrogens is 2. The molecule has 1 aromatic rings. The van der Waals surface area contributed by atoms with Gasteiger partial charge in [-0.3, -0.25) is 9.59 Å². The average Bonchev–Trinajstić information content (AvgIpc) is 2.79. The van der Waals surface area contributed by atoms with Crippen molar-refractivity contribution < 1.29 is 9.59 Å². The number of primary amides is 2. The van der Waals surface area contributed by atoms with Crippen molar-refractivity contribution in [2.24, 2.45) is 11.5 Å². The normalized spacial score (nSPS) is 14.0. The van der Waals surface area contributed by atoms with Crippen LogP contribution in [0.5, 0.6) is 0 Å². The van der Waals surface area contributed by atoms with E-state index in [2.05, 4.69) is 9.36 Å². The second kappa shape index (κ2) is 7.71. The van der Waals surface area contributed by atoms with E-state index in [0.717, 1.165) is 0 Å². The molecule has 0 fully saturated rings. The quantitative estimate of drug-likeness (QED) is 0.697. The van der Waals surface area contributed by atoms with Crippen LogP contribution in [0.1, 0.15) is 26.7 Å². The number of carbonyl (C=O) groups is 2. The topological polar surface area (TPSA) is 112 Å². The molecule has 0 aliphatic rings. The van der Waals surface area contributed by atoms with E-state index in [0.29, 0.717) is 22.3 Å². The van der Waals surface area contributed by atoms with Crippen LogP contribution in [0.2, 0.25) is 0 Å². The highest BCUT2D eigenvalue weighted by molar-refractivity contribution is 8.02. The molecule has 0 aliphatic carbocycles. The van der Waals surface area contributed by atoms with Crippen molar-refractivity contribution >= 4 is 46.9 Å². The van der Waals surface area contributed by atoms with Crippen molar-refractivity contribution in [2.75, 3.05) is 0 Å². The summed E-state index contributed by atoms with van der Waals surface area (Å²) in [5, 5.41) is -0.119. The minimum absolute atomic E-state index is 0.302. The summed E-state index contributed by atoms with van der Waals surface area (Å²) in [5.41, 5.74) is 10.5. The van der Waals surface area contributed by atoms with Gasteiger partial charge in [0.1, 0.15) is 0 Å². The maximum absolute atomic E-state index is 11.1. The minimum atomic E-state index is -0.375. The number of nitrogens with zero attached hydrogens (tertiary/aromatic N) is 2. The van der Waals surface area contributed by atoms with Gasteiger partial charge in [0.05, 0.1) is 10.5 Å². The molecule has 1 heterocycles. The molecule has 2 amide bonds. The summed E-state index contributed by atoms with van der Waals surface area (Å²) < 4.78 is 4.82. The zero-order chi connectivity index (χ0) is 14.4. The first-order valence-electron chi connectivity index (χ1n) is 5.73. The van der Waals surface area contributed by atoms with Gasteiger partial charge in [-0.1, -0.05) is 37.4 Å². The van der Waals surface area contributed by atoms with Crippen molar-refractivity contribution in [1.29, 1.82) is 0 Å². The van der Waals surface area contributed by atoms with E-state index >= 15 is 0 Å². The van der Waals surface area contributed by atoms with Crippen molar-refractivity contribution in [3.05, 3.63) is 0 Å². The first-order chi connectivity index (χ1) is 8.97. The number of hydrogen-bond acceptors (Lipinski definition) is 7. The molecule has 0 aromatic carbocycles. The van der Waals surface area contributed by atoms with Gasteiger partial charge < -0.3 is 11.5 Å². The summed E-state index contributed by atoms with van der Waals surface area (Å²) in [6.45, 7) is 3.77. The molecular weight excluding hydrogens is 304 g/mol. The smallest absolute Gasteiger partial charge is 0.231 e. The molecule has 4 N–H and O–H groups in total. The van der Waals surface area contributed by atoms with E-state index < -0.39 is 0 Å². The van der Waals surface area contributed by atoms with Gasteiger partial charge in [0.15, 0.2) is 4.34 Å². The molecule has 19 heavy (non-hydrogen) atoms. The van der Waals surface area contributed by atoms with Gasteiger partial charge >= 0.3 is 0 Å². The van der Waals surface area contributed by atoms with Crippen molar-refractivity contribution in [3.63, 3.8) is 0 Å². The van der Waals surface area contributed by atoms with Crippen LogP contribution in [0.15, 0.2) is 9.50 Å². The molecule has 1 rings (SSSR count). The van der Waals surface area contributed by atoms with Gasteiger partial charge in [-0.25, -0.2) is 4.98 Å². The van der Waals surface area contributed by atoms with Gasteiger partial charge in [0.25, 0.3) is 0 Å². The third kappa shape index (κ3) is 5.00. The van der Waals surface area contributed by atoms with E-state index in [9.17, 15) is 9.59 Å². The summed E-state index contributed by atoms with van der Waals surface area (Å²) in [6.07, 6.45) is 1.27. The minimum Gasteiger partial charge on any atom is -0.369 e. The molecule has 1 aromatic heterocycles. The zero-order valence-electron chi connectivity index (χ0n) is 10.7. The lowest BCUT2D eigenvalue weighted by Gasteiger charge is -2.07. The summed E-state index contributed by atoms with van der Waals surface area (Å²) in [5.74, 6) is -0.736. The second-order valence-electron chi connectivity index (χ2n) is 3.68. The summed E-state index contributed by atoms with van der Waals surface area (Å²) in [4.78, 5) is 26.6. The molecular formula is C10H16N4O2S3. The standard InChI is InChI=1S/C10H16N4O2S3/c1-3-5(7(11)15)17-9-13-10(19-14-9)18-6(4-2)8(12)16/h5-6H,3-4H2,1-2H3,(H2,11,15)(H2,12,16)/t5-,6+/m1/s1. The Morgan fingerprint density at radius 1 is 1.16 bits per heavy atom. The van der Waals surface area contributed by atoms with E-state index in [1.54, 1.807) is 0 Å². The number of rotatable bonds is 8. The summed E-state index contributed by atoms with van der Waals surface area (Å²) in [7, 11) is 0. The maximum Gasteiger partial charge on any atom is 0.231 e. The Morgan fingerprint density at radius 3 is 2.16 bits per heavy atom. The fourth-order valence-electron chi connectivity index (χ4n) is 1.23. The van der Waals surface area contributed by atoms with Crippen LogP contribution < -0.4 is 11.5 Å². The molecule has 0 bridgehead atoms. The lowest BCUT2D eigenvalue weighted by Crippen LogP contribution is -2.25. The largest absolute Gasteiger partial charge is 0.369 e. The lowest BCUT2D eigenvalue weighted by molar-refractivity contribution is -0.118. The first kappa shape index (κ1) is 16.3. The van der Waals surface area contributed by atoms with Crippen molar-refractivity contribution in [2.45, 2.75) is 46.7 Å². The van der Waals surface area contributed by atoms with Crippen LogP contribution in [0.3, 0.4) is 0 Å². The molecule has 9 heteroatoms. The Kier molecular flexibility index (Phi) is 6.59. The Hall–Kier alpha value is -0.800. The zero-order valence-corrected chi connectivity index (χ0v) is 13.1. The molecule has 0 spiro atoms. The number of hydrogen-bond donors (Lipinski definition) is 2. The number of nitrogens with two attached hydrogens (primary N) is 2. The Morgan fingerprint density at radius 2 is 1.68 bits per heavy atom. The van der Waals surface area contributed by atoms with E-state index in [1.165, 1.54) is 35.1 Å². The average molecular weight is 320 g/mol. The highest BCUT2D eigenvalue weighted by Crippen LogP contribution is 2.31. The molecule has 0 saturated heterocycles. The van der Waals surface area contributed by atoms with E-state index in [-0.39, 0.29) is 22.3 Å². The number of thioether (sulfide) groups is 2. The second-order valence-corrected chi connectivity index (χ2v) is 7.05. The van der Waals surface area contributed by atoms with Crippen LogP contribution in [0.4, 0.5) is 0 Å². The van der Waals surface area contributed by atoms with Gasteiger partial charge in [-0.15, -0.1) is 0 Å². The maximum atomic E-state index is 11.1. The molecule has 6 nitrogen and oxygen atoms in total. The highest BCUT2D eigenvalue weighted by atomic mass is 32.2. The third-order valence-corrected chi connectivity index (χ3v) is 5.78. The van der Waals surface area contributed by atoms with Gasteiger partial charge in [0, 0.05) is 0 Å². The van der Waals surface area contributed by atoms with Crippen LogP contribution in [-0.2, 0) is 9.59 Å². The summed E-state index contributed by atoms with van der Waals surface area (Å²) >= 11 is 3.74. The van der Waals surface area contributed by atoms with Gasteiger partial charge in [0.2, 0.25) is 17.0 Å². The SMILES string of the molecule is CC[C@H](Sc1nc(S[C@H](CC)C(N)=O)ns1)C(N)=O. The molecule has 0 saturated carbocycles. The van der Waals surface area contributed by atoms with E-state index in [1.807, 2.05) is 13.8 Å². The number of amides is 2. The number of carbonyl (C=O) groups excluding carboxylic acids is 2. The highest BCUT2D eigenvalue weighted by Gasteiger charge is 2.20. The predicted octanol–water partition coefficient (Wildman–Crippen LogP) is 1.25. The third-order valence-electron chi connectivity index (χ3n) is 2.26. The molecule has 0 aliphatic heterocycles. The summed E-state index contributed by atoms with van der Waals surface area (Å²) in [6, 6.07) is 0. The monoisotopic (exact) mass is 320 g/mol. The Bertz CT molecular complexity index is 413. The van der Waals surface area contributed by atoms with E-state index in [4.69, 9.17) is 11.5 Å². The predicted molar refractivity (Wildman–Crippen MR) is 78.2 cm³/mol. The Balaban J connectivity index is 2.66. The lowest BCUT2D eigenvalue weighted by atomic mass is 10.3. The Labute approximate surface area is 124 Å². The van der Waals surface area contributed by atoms with Gasteiger partial charge in [-0.2, -0.15) is 4.37 Å². The van der Waals surface area contributed by atoms with Crippen LogP contribution in [0.25, 0.3) is 0 Å². The van der Waals surface area contributed by atoms with Crippen LogP contribution in [-0.4, -0.2) is 31.7 Å². The van der Waals surface area contributed by atoms with Gasteiger partial charge in [-0.05, 0) is 24.4 Å². The molecule has 106 valence electrons. The van der Waals surface area contributed by atoms with Crippen LogP contribution >= 0.6 is 35.1 Å².